The molecule has 17 heavy (non-hydrogen) atoms. The molecule has 0 fully saturated rings. The minimum absolute atomic E-state index is 0.0344. The van der Waals surface area contributed by atoms with Crippen LogP contribution in [0.5, 0.6) is 0 Å². The number of benzene rings is 1. The number of aryl methyl sites for hydroxylation is 1. The van der Waals surface area contributed by atoms with Crippen LogP contribution in [0.1, 0.15) is 17.4 Å². The molecule has 0 aliphatic heterocycles. The van der Waals surface area contributed by atoms with E-state index in [2.05, 4.69) is 26.2 Å². The highest BCUT2D eigenvalue weighted by molar-refractivity contribution is 9.10. The molecule has 0 spiro atoms. The molecule has 0 aliphatic carbocycles. The predicted molar refractivity (Wildman–Crippen MR) is 64.2 cm³/mol. The van der Waals surface area contributed by atoms with Crippen LogP contribution >= 0.6 is 27.5 Å². The number of hydrogen-bond acceptors (Lipinski definition) is 3. The monoisotopic (exact) mass is 319 g/mol. The smallest absolute Gasteiger partial charge is 0.154 e. The van der Waals surface area contributed by atoms with Crippen molar-refractivity contribution in [3.05, 3.63) is 44.9 Å². The van der Waals surface area contributed by atoms with Crippen LogP contribution in [-0.2, 0) is 7.05 Å². The molecule has 0 aliphatic rings. The van der Waals surface area contributed by atoms with Crippen LogP contribution < -0.4 is 0 Å². The van der Waals surface area contributed by atoms with Crippen LogP contribution in [0.25, 0.3) is 0 Å². The molecule has 0 saturated carbocycles. The van der Waals surface area contributed by atoms with Gasteiger partial charge in [-0.15, -0.1) is 5.10 Å². The average molecular weight is 321 g/mol. The molecule has 0 amide bonds. The van der Waals surface area contributed by atoms with E-state index in [4.69, 9.17) is 11.6 Å². The third-order valence-corrected chi connectivity index (χ3v) is 3.22. The van der Waals surface area contributed by atoms with Crippen molar-refractivity contribution in [1.29, 1.82) is 0 Å². The molecule has 2 rings (SSSR count). The highest BCUT2D eigenvalue weighted by atomic mass is 79.9. The van der Waals surface area contributed by atoms with Crippen molar-refractivity contribution in [2.75, 3.05) is 0 Å². The first kappa shape index (κ1) is 12.5. The Morgan fingerprint density at radius 2 is 2.24 bits per heavy atom. The summed E-state index contributed by atoms with van der Waals surface area (Å²) in [5, 5.41) is 17.5. The lowest BCUT2D eigenvalue weighted by atomic mass is 10.1. The van der Waals surface area contributed by atoms with Gasteiger partial charge in [-0.1, -0.05) is 28.9 Å². The Labute approximate surface area is 110 Å². The maximum absolute atomic E-state index is 13.8. The van der Waals surface area contributed by atoms with Crippen molar-refractivity contribution < 1.29 is 9.50 Å². The third kappa shape index (κ3) is 2.20. The summed E-state index contributed by atoms with van der Waals surface area (Å²) in [6.07, 6.45) is -1.18. The molecule has 90 valence electrons. The zero-order valence-electron chi connectivity index (χ0n) is 8.73. The van der Waals surface area contributed by atoms with E-state index in [0.29, 0.717) is 10.3 Å². The Balaban J connectivity index is 2.51. The van der Waals surface area contributed by atoms with Gasteiger partial charge in [-0.3, -0.25) is 0 Å². The van der Waals surface area contributed by atoms with Crippen LogP contribution in [0.15, 0.2) is 22.8 Å². The lowest BCUT2D eigenvalue weighted by molar-refractivity contribution is 0.204. The minimum Gasteiger partial charge on any atom is -0.382 e. The van der Waals surface area contributed by atoms with E-state index in [1.165, 1.54) is 16.8 Å². The summed E-state index contributed by atoms with van der Waals surface area (Å²) in [6.45, 7) is 0. The summed E-state index contributed by atoms with van der Waals surface area (Å²) in [6, 6.07) is 4.45. The number of aliphatic hydroxyl groups is 1. The van der Waals surface area contributed by atoms with E-state index in [0.717, 1.165) is 0 Å². The number of nitrogens with zero attached hydrogens (tertiary/aromatic N) is 3. The summed E-state index contributed by atoms with van der Waals surface area (Å²) in [7, 11) is 1.61. The van der Waals surface area contributed by atoms with Crippen molar-refractivity contribution in [1.82, 2.24) is 15.0 Å². The minimum atomic E-state index is -1.18. The number of halogens is 3. The zero-order chi connectivity index (χ0) is 12.6. The Kier molecular flexibility index (Phi) is 3.46. The summed E-state index contributed by atoms with van der Waals surface area (Å²) in [4.78, 5) is 0. The van der Waals surface area contributed by atoms with Crippen LogP contribution in [-0.4, -0.2) is 20.1 Å². The van der Waals surface area contributed by atoms with Crippen LogP contribution in [0.4, 0.5) is 4.39 Å². The molecule has 4 nitrogen and oxygen atoms in total. The molecular weight excluding hydrogens is 312 g/mol. The lowest BCUT2D eigenvalue weighted by Gasteiger charge is -2.12. The second kappa shape index (κ2) is 4.72. The molecule has 1 unspecified atom stereocenters. The largest absolute Gasteiger partial charge is 0.382 e. The Bertz CT molecular complexity index is 541. The highest BCUT2D eigenvalue weighted by Crippen LogP contribution is 2.30. The van der Waals surface area contributed by atoms with Gasteiger partial charge in [0.2, 0.25) is 0 Å². The van der Waals surface area contributed by atoms with Crippen molar-refractivity contribution in [3.8, 4) is 0 Å². The van der Waals surface area contributed by atoms with E-state index in [9.17, 15) is 9.50 Å². The van der Waals surface area contributed by atoms with Gasteiger partial charge in [-0.2, -0.15) is 0 Å². The predicted octanol–water partition coefficient (Wildman–Crippen LogP) is 2.45. The molecule has 0 bridgehead atoms. The molecular formula is C10H8BrClFN3O. The first-order chi connectivity index (χ1) is 8.02. The number of aliphatic hydroxyl groups excluding tert-OH is 1. The van der Waals surface area contributed by atoms with Gasteiger partial charge < -0.3 is 5.11 Å². The van der Waals surface area contributed by atoms with Crippen LogP contribution in [0, 0.1) is 5.82 Å². The molecule has 1 aromatic carbocycles. The molecule has 0 radical (unpaired) electrons. The van der Waals surface area contributed by atoms with Gasteiger partial charge in [-0.05, 0) is 22.0 Å². The Morgan fingerprint density at radius 3 is 2.82 bits per heavy atom. The molecule has 0 saturated heterocycles. The maximum Gasteiger partial charge on any atom is 0.154 e. The SMILES string of the molecule is Cn1nnc(Br)c1C(O)c1cccc(Cl)c1F. The van der Waals surface area contributed by atoms with Crippen molar-refractivity contribution in [3.63, 3.8) is 0 Å². The molecule has 7 heteroatoms. The van der Waals surface area contributed by atoms with Crippen molar-refractivity contribution in [2.24, 2.45) is 7.05 Å². The molecule has 1 atom stereocenters. The van der Waals surface area contributed by atoms with Crippen LogP contribution in [0.2, 0.25) is 5.02 Å². The van der Waals surface area contributed by atoms with Gasteiger partial charge in [0.05, 0.1) is 5.02 Å². The fourth-order valence-corrected chi connectivity index (χ4v) is 2.23. The normalized spacial score (nSPS) is 12.8. The molecule has 1 heterocycles. The highest BCUT2D eigenvalue weighted by Gasteiger charge is 2.23. The van der Waals surface area contributed by atoms with E-state index >= 15 is 0 Å². The fourth-order valence-electron chi connectivity index (χ4n) is 1.51. The van der Waals surface area contributed by atoms with Crippen molar-refractivity contribution in [2.45, 2.75) is 6.10 Å². The van der Waals surface area contributed by atoms with Crippen LogP contribution in [0.3, 0.4) is 0 Å². The fraction of sp³-hybridized carbons (Fsp3) is 0.200. The van der Waals surface area contributed by atoms with E-state index < -0.39 is 11.9 Å². The summed E-state index contributed by atoms with van der Waals surface area (Å²) >= 11 is 8.81. The third-order valence-electron chi connectivity index (χ3n) is 2.36. The van der Waals surface area contributed by atoms with E-state index in [-0.39, 0.29) is 10.6 Å². The lowest BCUT2D eigenvalue weighted by Crippen LogP contribution is -2.09. The first-order valence-electron chi connectivity index (χ1n) is 4.69. The van der Waals surface area contributed by atoms with Gasteiger partial charge in [0, 0.05) is 12.6 Å². The first-order valence-corrected chi connectivity index (χ1v) is 5.86. The summed E-state index contributed by atoms with van der Waals surface area (Å²) in [5.74, 6) is -0.644. The standard InChI is InChI=1S/C10H8BrClFN3O/c1-16-8(10(11)14-15-16)9(17)5-3-2-4-6(12)7(5)13/h2-4,9,17H,1H3. The number of hydrogen-bond donors (Lipinski definition) is 1. The molecule has 1 N–H and O–H groups in total. The second-order valence-electron chi connectivity index (χ2n) is 3.43. The van der Waals surface area contributed by atoms with Crippen molar-refractivity contribution >= 4 is 27.5 Å². The Hall–Kier alpha value is -0.980. The van der Waals surface area contributed by atoms with Gasteiger partial charge >= 0.3 is 0 Å². The van der Waals surface area contributed by atoms with Gasteiger partial charge in [0.1, 0.15) is 17.6 Å². The zero-order valence-corrected chi connectivity index (χ0v) is 11.1. The van der Waals surface area contributed by atoms with Gasteiger partial charge in [0.15, 0.2) is 4.60 Å². The van der Waals surface area contributed by atoms with Gasteiger partial charge in [-0.25, -0.2) is 9.07 Å². The maximum atomic E-state index is 13.8. The Morgan fingerprint density at radius 1 is 1.53 bits per heavy atom. The number of rotatable bonds is 2. The van der Waals surface area contributed by atoms with E-state index in [1.807, 2.05) is 0 Å². The average Bonchev–Trinajstić information content (AvgIpc) is 2.62. The quantitative estimate of drug-likeness (QED) is 0.925. The van der Waals surface area contributed by atoms with Gasteiger partial charge in [0.25, 0.3) is 0 Å². The molecule has 1 aromatic heterocycles. The summed E-state index contributed by atoms with van der Waals surface area (Å²) in [5.41, 5.74) is 0.453. The van der Waals surface area contributed by atoms with E-state index in [1.54, 1.807) is 13.1 Å². The summed E-state index contributed by atoms with van der Waals surface area (Å²) < 4.78 is 15.5. The number of aromatic nitrogens is 3. The topological polar surface area (TPSA) is 50.9 Å². The second-order valence-corrected chi connectivity index (χ2v) is 4.59. The molecule has 2 aromatic rings.